The first-order valence-electron chi connectivity index (χ1n) is 5.65. The first-order valence-corrected chi connectivity index (χ1v) is 6.41. The van der Waals surface area contributed by atoms with E-state index in [1.807, 2.05) is 18.2 Å². The summed E-state index contributed by atoms with van der Waals surface area (Å²) in [6.07, 6.45) is 0. The van der Waals surface area contributed by atoms with Gasteiger partial charge in [-0.05, 0) is 23.8 Å². The SMILES string of the molecule is Nc1ccccc1CNC(=O)c1cccc(Cl)c1Cl. The van der Waals surface area contributed by atoms with Gasteiger partial charge in [-0.25, -0.2) is 0 Å². The maximum absolute atomic E-state index is 12.0. The summed E-state index contributed by atoms with van der Waals surface area (Å²) in [5.41, 5.74) is 7.65. The second-order valence-electron chi connectivity index (χ2n) is 3.98. The Labute approximate surface area is 121 Å². The maximum atomic E-state index is 12.0. The van der Waals surface area contributed by atoms with Crippen LogP contribution >= 0.6 is 23.2 Å². The van der Waals surface area contributed by atoms with Crippen molar-refractivity contribution in [1.82, 2.24) is 5.32 Å². The summed E-state index contributed by atoms with van der Waals surface area (Å²) in [6, 6.07) is 12.3. The van der Waals surface area contributed by atoms with Crippen molar-refractivity contribution in [3.05, 3.63) is 63.6 Å². The normalized spacial score (nSPS) is 10.2. The Balaban J connectivity index is 2.10. The second-order valence-corrected chi connectivity index (χ2v) is 4.77. The lowest BCUT2D eigenvalue weighted by molar-refractivity contribution is 0.0951. The number of anilines is 1. The molecule has 0 unspecified atom stereocenters. The summed E-state index contributed by atoms with van der Waals surface area (Å²) < 4.78 is 0. The Kier molecular flexibility index (Phi) is 4.30. The fraction of sp³-hybridized carbons (Fsp3) is 0.0714. The van der Waals surface area contributed by atoms with Crippen LogP contribution in [0.4, 0.5) is 5.69 Å². The van der Waals surface area contributed by atoms with E-state index in [0.717, 1.165) is 5.56 Å². The van der Waals surface area contributed by atoms with Crippen molar-refractivity contribution >= 4 is 34.8 Å². The average Bonchev–Trinajstić information content (AvgIpc) is 2.40. The average molecular weight is 295 g/mol. The maximum Gasteiger partial charge on any atom is 0.253 e. The molecule has 0 saturated heterocycles. The smallest absolute Gasteiger partial charge is 0.253 e. The van der Waals surface area contributed by atoms with Gasteiger partial charge in [-0.1, -0.05) is 47.5 Å². The Morgan fingerprint density at radius 3 is 2.58 bits per heavy atom. The van der Waals surface area contributed by atoms with Crippen LogP contribution in [0, 0.1) is 0 Å². The number of nitrogens with one attached hydrogen (secondary N) is 1. The summed E-state index contributed by atoms with van der Waals surface area (Å²) in [7, 11) is 0. The molecule has 0 aliphatic heterocycles. The molecule has 0 atom stereocenters. The molecular weight excluding hydrogens is 283 g/mol. The standard InChI is InChI=1S/C14H12Cl2N2O/c15-11-6-3-5-10(13(11)16)14(19)18-8-9-4-1-2-7-12(9)17/h1-7H,8,17H2,(H,18,19). The van der Waals surface area contributed by atoms with Gasteiger partial charge in [0.1, 0.15) is 0 Å². The molecule has 0 fully saturated rings. The number of rotatable bonds is 3. The highest BCUT2D eigenvalue weighted by molar-refractivity contribution is 6.43. The lowest BCUT2D eigenvalue weighted by Gasteiger charge is -2.09. The van der Waals surface area contributed by atoms with E-state index in [1.165, 1.54) is 0 Å². The van der Waals surface area contributed by atoms with E-state index in [1.54, 1.807) is 24.3 Å². The van der Waals surface area contributed by atoms with Gasteiger partial charge in [0.05, 0.1) is 15.6 Å². The van der Waals surface area contributed by atoms with Gasteiger partial charge in [-0.3, -0.25) is 4.79 Å². The van der Waals surface area contributed by atoms with Crippen LogP contribution < -0.4 is 11.1 Å². The number of nitrogens with two attached hydrogens (primary N) is 1. The van der Waals surface area contributed by atoms with Crippen molar-refractivity contribution in [2.45, 2.75) is 6.54 Å². The van der Waals surface area contributed by atoms with Crippen molar-refractivity contribution in [3.63, 3.8) is 0 Å². The minimum atomic E-state index is -0.282. The Hall–Kier alpha value is -1.71. The van der Waals surface area contributed by atoms with Crippen molar-refractivity contribution in [1.29, 1.82) is 0 Å². The molecule has 98 valence electrons. The van der Waals surface area contributed by atoms with E-state index in [0.29, 0.717) is 22.8 Å². The Morgan fingerprint density at radius 2 is 1.84 bits per heavy atom. The summed E-state index contributed by atoms with van der Waals surface area (Å²) in [5, 5.41) is 3.37. The minimum Gasteiger partial charge on any atom is -0.398 e. The molecule has 3 N–H and O–H groups in total. The quantitative estimate of drug-likeness (QED) is 0.851. The molecule has 0 spiro atoms. The van der Waals surface area contributed by atoms with Crippen molar-refractivity contribution in [2.24, 2.45) is 0 Å². The summed E-state index contributed by atoms with van der Waals surface area (Å²) in [4.78, 5) is 12.0. The van der Waals surface area contributed by atoms with Crippen molar-refractivity contribution in [2.75, 3.05) is 5.73 Å². The van der Waals surface area contributed by atoms with E-state index in [4.69, 9.17) is 28.9 Å². The first-order chi connectivity index (χ1) is 9.09. The number of benzene rings is 2. The zero-order chi connectivity index (χ0) is 13.8. The number of carbonyl (C=O) groups is 1. The van der Waals surface area contributed by atoms with E-state index in [-0.39, 0.29) is 10.9 Å². The lowest BCUT2D eigenvalue weighted by atomic mass is 10.1. The fourth-order valence-corrected chi connectivity index (χ4v) is 2.03. The summed E-state index contributed by atoms with van der Waals surface area (Å²) >= 11 is 11.9. The molecule has 19 heavy (non-hydrogen) atoms. The molecule has 0 saturated carbocycles. The number of carbonyl (C=O) groups excluding carboxylic acids is 1. The third-order valence-corrected chi connectivity index (χ3v) is 3.51. The highest BCUT2D eigenvalue weighted by Crippen LogP contribution is 2.25. The molecule has 0 aromatic heterocycles. The molecule has 0 radical (unpaired) electrons. The third-order valence-electron chi connectivity index (χ3n) is 2.69. The first kappa shape index (κ1) is 13.7. The van der Waals surface area contributed by atoms with Crippen LogP contribution in [-0.4, -0.2) is 5.91 Å². The molecule has 0 heterocycles. The lowest BCUT2D eigenvalue weighted by Crippen LogP contribution is -2.23. The topological polar surface area (TPSA) is 55.1 Å². The van der Waals surface area contributed by atoms with Gasteiger partial charge in [-0.2, -0.15) is 0 Å². The van der Waals surface area contributed by atoms with E-state index >= 15 is 0 Å². The highest BCUT2D eigenvalue weighted by Gasteiger charge is 2.12. The van der Waals surface area contributed by atoms with Crippen molar-refractivity contribution in [3.8, 4) is 0 Å². The zero-order valence-electron chi connectivity index (χ0n) is 9.99. The molecule has 0 aliphatic rings. The number of hydrogen-bond acceptors (Lipinski definition) is 2. The molecule has 0 aliphatic carbocycles. The molecule has 5 heteroatoms. The van der Waals surface area contributed by atoms with Gasteiger partial charge in [0.25, 0.3) is 5.91 Å². The molecule has 1 amide bonds. The molecule has 2 rings (SSSR count). The van der Waals surface area contributed by atoms with E-state index in [9.17, 15) is 4.79 Å². The number of amides is 1. The molecule has 3 nitrogen and oxygen atoms in total. The van der Waals surface area contributed by atoms with Crippen LogP contribution in [0.3, 0.4) is 0 Å². The summed E-state index contributed by atoms with van der Waals surface area (Å²) in [6.45, 7) is 0.342. The van der Waals surface area contributed by atoms with Gasteiger partial charge in [-0.15, -0.1) is 0 Å². The van der Waals surface area contributed by atoms with Gasteiger partial charge in [0, 0.05) is 12.2 Å². The highest BCUT2D eigenvalue weighted by atomic mass is 35.5. The Bertz CT molecular complexity index is 614. The number of para-hydroxylation sites is 1. The van der Waals surface area contributed by atoms with E-state index in [2.05, 4.69) is 5.32 Å². The van der Waals surface area contributed by atoms with Crippen LogP contribution in [0.5, 0.6) is 0 Å². The monoisotopic (exact) mass is 294 g/mol. The van der Waals surface area contributed by atoms with Crippen LogP contribution in [0.15, 0.2) is 42.5 Å². The van der Waals surface area contributed by atoms with Gasteiger partial charge < -0.3 is 11.1 Å². The predicted molar refractivity (Wildman–Crippen MR) is 78.5 cm³/mol. The second kappa shape index (κ2) is 5.95. The van der Waals surface area contributed by atoms with Crippen LogP contribution in [0.2, 0.25) is 10.0 Å². The number of hydrogen-bond donors (Lipinski definition) is 2. The van der Waals surface area contributed by atoms with Crippen LogP contribution in [0.25, 0.3) is 0 Å². The van der Waals surface area contributed by atoms with Gasteiger partial charge in [0.15, 0.2) is 0 Å². The fourth-order valence-electron chi connectivity index (χ4n) is 1.65. The minimum absolute atomic E-state index is 0.253. The van der Waals surface area contributed by atoms with Crippen molar-refractivity contribution < 1.29 is 4.79 Å². The Morgan fingerprint density at radius 1 is 1.11 bits per heavy atom. The van der Waals surface area contributed by atoms with Crippen LogP contribution in [-0.2, 0) is 6.54 Å². The van der Waals surface area contributed by atoms with Crippen LogP contribution in [0.1, 0.15) is 15.9 Å². The zero-order valence-corrected chi connectivity index (χ0v) is 11.5. The number of nitrogen functional groups attached to an aromatic ring is 1. The van der Waals surface area contributed by atoms with E-state index < -0.39 is 0 Å². The third kappa shape index (κ3) is 3.19. The molecular formula is C14H12Cl2N2O. The predicted octanol–water partition coefficient (Wildman–Crippen LogP) is 3.51. The number of halogens is 2. The largest absolute Gasteiger partial charge is 0.398 e. The molecule has 0 bridgehead atoms. The summed E-state index contributed by atoms with van der Waals surface area (Å²) in [5.74, 6) is -0.282. The van der Waals surface area contributed by atoms with Gasteiger partial charge >= 0.3 is 0 Å². The van der Waals surface area contributed by atoms with Gasteiger partial charge in [0.2, 0.25) is 0 Å². The molecule has 2 aromatic carbocycles. The molecule has 2 aromatic rings.